The molecule has 7 atom stereocenters. The predicted octanol–water partition coefficient (Wildman–Crippen LogP) is 1.28. The van der Waals surface area contributed by atoms with E-state index in [1.165, 1.54) is 6.42 Å². The van der Waals surface area contributed by atoms with Crippen LogP contribution in [-0.2, 0) is 4.79 Å². The Morgan fingerprint density at radius 1 is 1.06 bits per heavy atom. The van der Waals surface area contributed by atoms with Crippen LogP contribution < -0.4 is 10.6 Å². The molecule has 7 unspecified atom stereocenters. The molecule has 0 aromatic carbocycles. The van der Waals surface area contributed by atoms with E-state index in [9.17, 15) is 19.4 Å². The lowest BCUT2D eigenvalue weighted by Crippen LogP contribution is -2.53. The second-order valence-corrected chi connectivity index (χ2v) is 11.0. The number of rotatable bonds is 8. The summed E-state index contributed by atoms with van der Waals surface area (Å²) in [6.45, 7) is 5.76. The van der Waals surface area contributed by atoms with Gasteiger partial charge in [0.15, 0.2) is 0 Å². The summed E-state index contributed by atoms with van der Waals surface area (Å²) in [6, 6.07) is 1.03. The molecule has 0 spiro atoms. The molecular weight excluding hydrogens is 423 g/mol. The van der Waals surface area contributed by atoms with Gasteiger partial charge in [0.1, 0.15) is 6.17 Å². The van der Waals surface area contributed by atoms with Gasteiger partial charge in [-0.25, -0.2) is 4.39 Å². The molecule has 2 saturated carbocycles. The number of likely N-dealkylation sites (tertiary alicyclic amines) is 1. The minimum atomic E-state index is -0.774. The molecule has 1 amide bonds. The normalized spacial score (nSPS) is 38.4. The number of carbonyl (C=O) groups excluding carboxylic acids is 1. The second-order valence-electron chi connectivity index (χ2n) is 11.0. The summed E-state index contributed by atoms with van der Waals surface area (Å²) >= 11 is 0. The Morgan fingerprint density at radius 3 is 2.45 bits per heavy atom. The molecule has 2 aliphatic heterocycles. The number of carbonyl (C=O) groups is 1. The maximum atomic E-state index is 14.4. The third-order valence-corrected chi connectivity index (χ3v) is 8.95. The lowest BCUT2D eigenvalue weighted by Gasteiger charge is -2.43. The van der Waals surface area contributed by atoms with Crippen LogP contribution in [0.2, 0.25) is 0 Å². The highest BCUT2D eigenvalue weighted by Crippen LogP contribution is 2.38. The topological polar surface area (TPSA) is 88.1 Å². The first-order chi connectivity index (χ1) is 16.0. The van der Waals surface area contributed by atoms with Crippen molar-refractivity contribution in [3.63, 3.8) is 0 Å². The Hall–Kier alpha value is -0.800. The van der Waals surface area contributed by atoms with Crippen LogP contribution in [0.1, 0.15) is 64.7 Å². The average Bonchev–Trinajstić information content (AvgIpc) is 3.29. The van der Waals surface area contributed by atoms with Crippen LogP contribution in [0, 0.1) is 11.8 Å². The van der Waals surface area contributed by atoms with E-state index < -0.39 is 6.17 Å². The van der Waals surface area contributed by atoms with E-state index in [1.54, 1.807) is 0 Å². The summed E-state index contributed by atoms with van der Waals surface area (Å²) in [5, 5.41) is 25.4. The van der Waals surface area contributed by atoms with Crippen LogP contribution in [0.4, 0.5) is 4.39 Å². The van der Waals surface area contributed by atoms with Gasteiger partial charge in [-0.1, -0.05) is 6.92 Å². The van der Waals surface area contributed by atoms with Gasteiger partial charge in [-0.3, -0.25) is 9.69 Å². The lowest BCUT2D eigenvalue weighted by molar-refractivity contribution is -0.124. The molecule has 0 aromatic rings. The maximum absolute atomic E-state index is 14.4. The molecule has 33 heavy (non-hydrogen) atoms. The van der Waals surface area contributed by atoms with Crippen molar-refractivity contribution in [3.05, 3.63) is 0 Å². The molecule has 0 radical (unpaired) electrons. The number of alkyl halides is 1. The number of hydrogen-bond acceptors (Lipinski definition) is 6. The summed E-state index contributed by atoms with van der Waals surface area (Å²) in [7, 11) is 0. The quantitative estimate of drug-likeness (QED) is 0.429. The van der Waals surface area contributed by atoms with Crippen molar-refractivity contribution in [2.24, 2.45) is 11.8 Å². The molecule has 4 N–H and O–H groups in total. The number of hydrogen-bond donors (Lipinski definition) is 4. The van der Waals surface area contributed by atoms with Gasteiger partial charge in [-0.2, -0.15) is 0 Å². The number of aliphatic hydroxyl groups excluding tert-OH is 2. The zero-order valence-corrected chi connectivity index (χ0v) is 20.3. The van der Waals surface area contributed by atoms with E-state index in [2.05, 4.69) is 27.4 Å². The van der Waals surface area contributed by atoms with E-state index in [0.717, 1.165) is 51.6 Å². The van der Waals surface area contributed by atoms with Gasteiger partial charge in [-0.05, 0) is 76.8 Å². The number of nitrogens with one attached hydrogen (secondary N) is 2. The largest absolute Gasteiger partial charge is 0.395 e. The minimum Gasteiger partial charge on any atom is -0.395 e. The fraction of sp³-hybridized carbons (Fsp3) is 0.960. The summed E-state index contributed by atoms with van der Waals surface area (Å²) in [6.07, 6.45) is 7.85. The monoisotopic (exact) mass is 468 g/mol. The third-order valence-electron chi connectivity index (χ3n) is 8.95. The van der Waals surface area contributed by atoms with E-state index in [0.29, 0.717) is 43.9 Å². The second kappa shape index (κ2) is 11.8. The fourth-order valence-corrected chi connectivity index (χ4v) is 7.08. The highest BCUT2D eigenvalue weighted by Gasteiger charge is 2.46. The van der Waals surface area contributed by atoms with Crippen molar-refractivity contribution in [1.82, 2.24) is 20.4 Å². The van der Waals surface area contributed by atoms with Crippen molar-refractivity contribution >= 4 is 5.91 Å². The van der Waals surface area contributed by atoms with Crippen molar-refractivity contribution in [2.45, 2.75) is 101 Å². The predicted molar refractivity (Wildman–Crippen MR) is 127 cm³/mol. The van der Waals surface area contributed by atoms with Crippen molar-refractivity contribution in [2.75, 3.05) is 39.4 Å². The Kier molecular flexibility index (Phi) is 9.01. The van der Waals surface area contributed by atoms with E-state index >= 15 is 0 Å². The summed E-state index contributed by atoms with van der Waals surface area (Å²) < 4.78 is 14.4. The molecule has 0 bridgehead atoms. The highest BCUT2D eigenvalue weighted by atomic mass is 19.1. The molecule has 4 fully saturated rings. The highest BCUT2D eigenvalue weighted by molar-refractivity contribution is 5.82. The zero-order valence-electron chi connectivity index (χ0n) is 20.3. The summed E-state index contributed by atoms with van der Waals surface area (Å²) in [5.74, 6) is 0.491. The van der Waals surface area contributed by atoms with Crippen molar-refractivity contribution < 1.29 is 19.4 Å². The maximum Gasteiger partial charge on any atom is 0.237 e. The molecule has 2 aliphatic carbocycles. The third kappa shape index (κ3) is 6.07. The Balaban J connectivity index is 1.24. The molecule has 190 valence electrons. The SMILES string of the molecule is CC1CCC(F)C2CC(C(=O)NC3CCCC(N4CCC(N(CCO)CCO)CC4)C3)NC12. The minimum absolute atomic E-state index is 0.0128. The molecule has 0 aromatic heterocycles. The standard InChI is InChI=1S/C25H45FN4O3/c1-17-5-6-22(26)21-16-23(28-24(17)21)25(33)27-18-3-2-4-20(15-18)29-9-7-19(8-10-29)30(11-13-31)12-14-32/h17-24,28,31-32H,2-16H2,1H3,(H,27,33). The van der Waals surface area contributed by atoms with Gasteiger partial charge in [0.2, 0.25) is 5.91 Å². The number of halogens is 1. The van der Waals surface area contributed by atoms with Crippen molar-refractivity contribution in [1.29, 1.82) is 0 Å². The van der Waals surface area contributed by atoms with Crippen LogP contribution in [-0.4, -0.2) is 102 Å². The Morgan fingerprint density at radius 2 is 1.79 bits per heavy atom. The fourth-order valence-electron chi connectivity index (χ4n) is 7.08. The lowest BCUT2D eigenvalue weighted by atomic mass is 9.77. The molecule has 2 saturated heterocycles. The number of nitrogens with zero attached hydrogens (tertiary/aromatic N) is 2. The van der Waals surface area contributed by atoms with Gasteiger partial charge in [0, 0.05) is 43.2 Å². The van der Waals surface area contributed by atoms with Gasteiger partial charge in [0.25, 0.3) is 0 Å². The van der Waals surface area contributed by atoms with Gasteiger partial charge in [-0.15, -0.1) is 0 Å². The molecule has 7 nitrogen and oxygen atoms in total. The number of aliphatic hydroxyl groups is 2. The molecule has 2 heterocycles. The van der Waals surface area contributed by atoms with Crippen LogP contribution in [0.25, 0.3) is 0 Å². The number of piperidine rings is 1. The van der Waals surface area contributed by atoms with E-state index in [1.807, 2.05) is 0 Å². The molecular formula is C25H45FN4O3. The Labute approximate surface area is 198 Å². The zero-order chi connectivity index (χ0) is 23.4. The first-order valence-electron chi connectivity index (χ1n) is 13.4. The summed E-state index contributed by atoms with van der Waals surface area (Å²) in [5.41, 5.74) is 0. The number of fused-ring (bicyclic) bond motifs is 1. The van der Waals surface area contributed by atoms with Gasteiger partial charge < -0.3 is 25.7 Å². The first kappa shape index (κ1) is 25.3. The summed E-state index contributed by atoms with van der Waals surface area (Å²) in [4.78, 5) is 17.8. The van der Waals surface area contributed by atoms with Crippen LogP contribution in [0.3, 0.4) is 0 Å². The van der Waals surface area contributed by atoms with Crippen LogP contribution >= 0.6 is 0 Å². The van der Waals surface area contributed by atoms with Crippen LogP contribution in [0.5, 0.6) is 0 Å². The Bertz CT molecular complexity index is 609. The smallest absolute Gasteiger partial charge is 0.237 e. The molecule has 4 aliphatic rings. The van der Waals surface area contributed by atoms with E-state index in [4.69, 9.17) is 0 Å². The van der Waals surface area contributed by atoms with Gasteiger partial charge >= 0.3 is 0 Å². The first-order valence-corrected chi connectivity index (χ1v) is 13.4. The number of amides is 1. The van der Waals surface area contributed by atoms with Gasteiger partial charge in [0.05, 0.1) is 19.3 Å². The van der Waals surface area contributed by atoms with E-state index in [-0.39, 0.29) is 43.2 Å². The molecule has 4 rings (SSSR count). The molecule has 8 heteroatoms. The average molecular weight is 469 g/mol. The van der Waals surface area contributed by atoms with Crippen LogP contribution in [0.15, 0.2) is 0 Å². The van der Waals surface area contributed by atoms with Crippen molar-refractivity contribution in [3.8, 4) is 0 Å².